The summed E-state index contributed by atoms with van der Waals surface area (Å²) < 4.78 is 0. The fourth-order valence-electron chi connectivity index (χ4n) is 2.84. The van der Waals surface area contributed by atoms with Gasteiger partial charge in [-0.25, -0.2) is 0 Å². The Morgan fingerprint density at radius 3 is 2.62 bits per heavy atom. The maximum absolute atomic E-state index is 3.49. The van der Waals surface area contributed by atoms with Crippen LogP contribution in [0.4, 0.5) is 5.69 Å². The Hall–Kier alpha value is -1.02. The van der Waals surface area contributed by atoms with Gasteiger partial charge in [0.1, 0.15) is 0 Å². The number of hydrogen-bond acceptors (Lipinski definition) is 2. The van der Waals surface area contributed by atoms with Crippen molar-refractivity contribution in [1.29, 1.82) is 0 Å². The zero-order valence-electron chi connectivity index (χ0n) is 14.3. The number of nitrogens with zero attached hydrogens (tertiary/aromatic N) is 1. The molecule has 1 N–H and O–H groups in total. The molecule has 1 aliphatic carbocycles. The average Bonchev–Trinajstić information content (AvgIpc) is 3.25. The van der Waals surface area contributed by atoms with Crippen molar-refractivity contribution in [3.8, 4) is 0 Å². The molecule has 0 aliphatic heterocycles. The summed E-state index contributed by atoms with van der Waals surface area (Å²) in [6.07, 6.45) is 5.23. The molecular formula is C19H32N2. The highest BCUT2D eigenvalue weighted by Crippen LogP contribution is 2.34. The predicted molar refractivity (Wildman–Crippen MR) is 93.0 cm³/mol. The van der Waals surface area contributed by atoms with Crippen molar-refractivity contribution in [1.82, 2.24) is 5.32 Å². The third kappa shape index (κ3) is 5.03. The molecule has 0 atom stereocenters. The Morgan fingerprint density at radius 2 is 2.05 bits per heavy atom. The number of hydrogen-bond donors (Lipinski definition) is 1. The van der Waals surface area contributed by atoms with Crippen LogP contribution in [0, 0.1) is 12.8 Å². The first-order chi connectivity index (χ1) is 10.1. The molecule has 2 nitrogen and oxygen atoms in total. The highest BCUT2D eigenvalue weighted by atomic mass is 15.2. The van der Waals surface area contributed by atoms with Crippen molar-refractivity contribution >= 4 is 5.69 Å². The van der Waals surface area contributed by atoms with Crippen molar-refractivity contribution in [2.75, 3.05) is 18.0 Å². The van der Waals surface area contributed by atoms with Crippen LogP contribution in [0.25, 0.3) is 0 Å². The fraction of sp³-hybridized carbons (Fsp3) is 0.684. The lowest BCUT2D eigenvalue weighted by Gasteiger charge is -2.27. The molecule has 21 heavy (non-hydrogen) atoms. The van der Waals surface area contributed by atoms with Crippen LogP contribution in [0.3, 0.4) is 0 Å². The van der Waals surface area contributed by atoms with Crippen LogP contribution in [0.2, 0.25) is 0 Å². The smallest absolute Gasteiger partial charge is 0.0398 e. The van der Waals surface area contributed by atoms with E-state index in [1.807, 2.05) is 0 Å². The van der Waals surface area contributed by atoms with E-state index in [-0.39, 0.29) is 0 Å². The first-order valence-corrected chi connectivity index (χ1v) is 8.68. The molecular weight excluding hydrogens is 256 g/mol. The van der Waals surface area contributed by atoms with E-state index < -0.39 is 0 Å². The van der Waals surface area contributed by atoms with Crippen molar-refractivity contribution in [3.05, 3.63) is 29.3 Å². The number of aryl methyl sites for hydroxylation is 1. The van der Waals surface area contributed by atoms with Crippen LogP contribution >= 0.6 is 0 Å². The summed E-state index contributed by atoms with van der Waals surface area (Å²) in [6.45, 7) is 12.4. The topological polar surface area (TPSA) is 15.3 Å². The van der Waals surface area contributed by atoms with Crippen molar-refractivity contribution < 1.29 is 0 Å². The largest absolute Gasteiger partial charge is 0.368 e. The van der Waals surface area contributed by atoms with E-state index in [9.17, 15) is 0 Å². The molecule has 0 bridgehead atoms. The van der Waals surface area contributed by atoms with Gasteiger partial charge in [-0.2, -0.15) is 0 Å². The summed E-state index contributed by atoms with van der Waals surface area (Å²) >= 11 is 0. The van der Waals surface area contributed by atoms with Gasteiger partial charge in [0.2, 0.25) is 0 Å². The molecule has 2 heteroatoms. The maximum atomic E-state index is 3.49. The summed E-state index contributed by atoms with van der Waals surface area (Å²) in [6, 6.07) is 7.81. The quantitative estimate of drug-likeness (QED) is 0.673. The summed E-state index contributed by atoms with van der Waals surface area (Å²) in [5.74, 6) is 0.782. The standard InChI is InChI=1S/C19H32N2/c1-5-11-20-14-17-6-9-19(16(4)13-17)21(18-7-8-18)12-10-15(2)3/h6,9,13,15,18,20H,5,7-8,10-12,14H2,1-4H3. The van der Waals surface area contributed by atoms with E-state index in [0.717, 1.165) is 25.0 Å². The first kappa shape index (κ1) is 16.4. The van der Waals surface area contributed by atoms with Crippen molar-refractivity contribution in [2.24, 2.45) is 5.92 Å². The number of benzene rings is 1. The summed E-state index contributed by atoms with van der Waals surface area (Å²) in [7, 11) is 0. The third-order valence-electron chi connectivity index (χ3n) is 4.26. The van der Waals surface area contributed by atoms with E-state index >= 15 is 0 Å². The molecule has 118 valence electrons. The molecule has 1 aliphatic rings. The second-order valence-corrected chi connectivity index (χ2v) is 6.90. The molecule has 2 rings (SSSR count). The van der Waals surface area contributed by atoms with Crippen LogP contribution in [-0.4, -0.2) is 19.1 Å². The molecule has 0 unspecified atom stereocenters. The Morgan fingerprint density at radius 1 is 1.29 bits per heavy atom. The SMILES string of the molecule is CCCNCc1ccc(N(CCC(C)C)C2CC2)c(C)c1. The van der Waals surface area contributed by atoms with E-state index in [2.05, 4.69) is 56.1 Å². The Balaban J connectivity index is 2.03. The monoisotopic (exact) mass is 288 g/mol. The van der Waals surface area contributed by atoms with Gasteiger partial charge < -0.3 is 10.2 Å². The van der Waals surface area contributed by atoms with Crippen LogP contribution < -0.4 is 10.2 Å². The Bertz CT molecular complexity index is 435. The van der Waals surface area contributed by atoms with Gasteiger partial charge in [0.25, 0.3) is 0 Å². The molecule has 0 heterocycles. The van der Waals surface area contributed by atoms with Crippen molar-refractivity contribution in [2.45, 2.75) is 66.0 Å². The normalized spacial score (nSPS) is 14.7. The average molecular weight is 288 g/mol. The zero-order valence-corrected chi connectivity index (χ0v) is 14.3. The molecule has 1 aromatic carbocycles. The van der Waals surface area contributed by atoms with Gasteiger partial charge >= 0.3 is 0 Å². The summed E-state index contributed by atoms with van der Waals surface area (Å²) in [5.41, 5.74) is 4.29. The molecule has 0 spiro atoms. The highest BCUT2D eigenvalue weighted by Gasteiger charge is 2.29. The van der Waals surface area contributed by atoms with Gasteiger partial charge in [0.05, 0.1) is 0 Å². The number of anilines is 1. The van der Waals surface area contributed by atoms with E-state index in [1.54, 1.807) is 0 Å². The summed E-state index contributed by atoms with van der Waals surface area (Å²) in [4.78, 5) is 2.65. The zero-order chi connectivity index (χ0) is 15.2. The second-order valence-electron chi connectivity index (χ2n) is 6.90. The maximum Gasteiger partial charge on any atom is 0.0398 e. The van der Waals surface area contributed by atoms with E-state index in [1.165, 1.54) is 49.0 Å². The lowest BCUT2D eigenvalue weighted by atomic mass is 10.1. The third-order valence-corrected chi connectivity index (χ3v) is 4.26. The van der Waals surface area contributed by atoms with Gasteiger partial charge in [-0.1, -0.05) is 32.9 Å². The van der Waals surface area contributed by atoms with Gasteiger partial charge in [-0.05, 0) is 62.3 Å². The van der Waals surface area contributed by atoms with E-state index in [0.29, 0.717) is 0 Å². The molecule has 0 saturated heterocycles. The lowest BCUT2D eigenvalue weighted by molar-refractivity contribution is 0.570. The van der Waals surface area contributed by atoms with Gasteiger partial charge in [-0.3, -0.25) is 0 Å². The fourth-order valence-corrected chi connectivity index (χ4v) is 2.84. The number of rotatable bonds is 9. The highest BCUT2D eigenvalue weighted by molar-refractivity contribution is 5.56. The molecule has 0 amide bonds. The minimum absolute atomic E-state index is 0.782. The lowest BCUT2D eigenvalue weighted by Crippen LogP contribution is -2.28. The van der Waals surface area contributed by atoms with Gasteiger partial charge in [-0.15, -0.1) is 0 Å². The van der Waals surface area contributed by atoms with E-state index in [4.69, 9.17) is 0 Å². The van der Waals surface area contributed by atoms with Crippen LogP contribution in [0.15, 0.2) is 18.2 Å². The van der Waals surface area contributed by atoms with Crippen LogP contribution in [-0.2, 0) is 6.54 Å². The minimum atomic E-state index is 0.782. The van der Waals surface area contributed by atoms with Crippen molar-refractivity contribution in [3.63, 3.8) is 0 Å². The van der Waals surface area contributed by atoms with Crippen LogP contribution in [0.5, 0.6) is 0 Å². The molecule has 1 fully saturated rings. The molecule has 0 radical (unpaired) electrons. The first-order valence-electron chi connectivity index (χ1n) is 8.68. The molecule has 1 saturated carbocycles. The second kappa shape index (κ2) is 7.84. The predicted octanol–water partition coefficient (Wildman–Crippen LogP) is 4.51. The number of nitrogens with one attached hydrogen (secondary N) is 1. The summed E-state index contributed by atoms with van der Waals surface area (Å²) in [5, 5.41) is 3.49. The van der Waals surface area contributed by atoms with Gasteiger partial charge in [0, 0.05) is 24.8 Å². The van der Waals surface area contributed by atoms with Gasteiger partial charge in [0.15, 0.2) is 0 Å². The Labute approximate surface area is 130 Å². The van der Waals surface area contributed by atoms with Crippen LogP contribution in [0.1, 0.15) is 57.6 Å². The Kier molecular flexibility index (Phi) is 6.10. The molecule has 0 aromatic heterocycles. The minimum Gasteiger partial charge on any atom is -0.368 e. The molecule has 1 aromatic rings.